The van der Waals surface area contributed by atoms with Crippen LogP contribution in [0.15, 0.2) is 58.3 Å². The molecular formula is C12H8ClNO4S2. The first-order chi connectivity index (χ1) is 9.35. The Morgan fingerprint density at radius 3 is 1.85 bits per heavy atom. The lowest BCUT2D eigenvalue weighted by atomic mass is 10.3. The van der Waals surface area contributed by atoms with Crippen molar-refractivity contribution in [2.75, 3.05) is 3.71 Å². The Hall–Kier alpha value is -1.57. The zero-order valence-electron chi connectivity index (χ0n) is 9.89. The maximum Gasteiger partial charge on any atom is 0.279 e. The van der Waals surface area contributed by atoms with Gasteiger partial charge in [0.25, 0.3) is 20.0 Å². The number of sulfonamides is 2. The molecule has 0 aromatic heterocycles. The van der Waals surface area contributed by atoms with E-state index in [-0.39, 0.29) is 20.5 Å². The highest BCUT2D eigenvalue weighted by atomic mass is 35.5. The van der Waals surface area contributed by atoms with E-state index < -0.39 is 20.0 Å². The molecule has 1 aliphatic rings. The number of halogens is 1. The fourth-order valence-electron chi connectivity index (χ4n) is 2.05. The molecule has 8 heteroatoms. The van der Waals surface area contributed by atoms with Crippen LogP contribution >= 0.6 is 11.6 Å². The van der Waals surface area contributed by atoms with Gasteiger partial charge in [0, 0.05) is 5.02 Å². The summed E-state index contributed by atoms with van der Waals surface area (Å²) in [5.74, 6) is 0. The molecule has 0 bridgehead atoms. The third-order valence-corrected chi connectivity index (χ3v) is 7.52. The molecule has 2 aromatic rings. The van der Waals surface area contributed by atoms with Crippen molar-refractivity contribution in [2.24, 2.45) is 0 Å². The standard InChI is InChI=1S/C12H8ClNO4S2/c13-9-4-3-5-10(8-9)14-19(15,16)11-6-1-2-7-12(11)20(14,17)18/h1-8H. The summed E-state index contributed by atoms with van der Waals surface area (Å²) < 4.78 is 50.1. The van der Waals surface area contributed by atoms with Crippen LogP contribution in [-0.2, 0) is 20.0 Å². The van der Waals surface area contributed by atoms with Crippen LogP contribution < -0.4 is 3.71 Å². The van der Waals surface area contributed by atoms with Crippen LogP contribution in [0.5, 0.6) is 0 Å². The van der Waals surface area contributed by atoms with E-state index in [1.54, 1.807) is 0 Å². The molecule has 104 valence electrons. The molecule has 0 saturated heterocycles. The summed E-state index contributed by atoms with van der Waals surface area (Å²) in [4.78, 5) is -0.444. The second kappa shape index (κ2) is 4.21. The van der Waals surface area contributed by atoms with E-state index in [9.17, 15) is 16.8 Å². The molecule has 1 heterocycles. The summed E-state index contributed by atoms with van der Waals surface area (Å²) in [6, 6.07) is 11.2. The van der Waals surface area contributed by atoms with Crippen molar-refractivity contribution in [3.63, 3.8) is 0 Å². The zero-order chi connectivity index (χ0) is 14.5. The van der Waals surface area contributed by atoms with Gasteiger partial charge in [-0.25, -0.2) is 0 Å². The van der Waals surface area contributed by atoms with Crippen molar-refractivity contribution in [1.29, 1.82) is 0 Å². The fourth-order valence-corrected chi connectivity index (χ4v) is 6.67. The van der Waals surface area contributed by atoms with Crippen molar-refractivity contribution in [1.82, 2.24) is 0 Å². The van der Waals surface area contributed by atoms with Gasteiger partial charge < -0.3 is 0 Å². The van der Waals surface area contributed by atoms with E-state index in [1.807, 2.05) is 0 Å². The number of hydrogen-bond acceptors (Lipinski definition) is 4. The van der Waals surface area contributed by atoms with E-state index in [0.717, 1.165) is 0 Å². The summed E-state index contributed by atoms with van der Waals surface area (Å²) in [6.07, 6.45) is 0. The number of fused-ring (bicyclic) bond motifs is 1. The number of hydrogen-bond donors (Lipinski definition) is 0. The van der Waals surface area contributed by atoms with Gasteiger partial charge in [-0.15, -0.1) is 0 Å². The molecule has 20 heavy (non-hydrogen) atoms. The number of nitrogens with zero attached hydrogens (tertiary/aromatic N) is 1. The maximum atomic E-state index is 12.4. The smallest absolute Gasteiger partial charge is 0.200 e. The van der Waals surface area contributed by atoms with Crippen LogP contribution in [0.1, 0.15) is 0 Å². The van der Waals surface area contributed by atoms with Crippen molar-refractivity contribution < 1.29 is 16.8 Å². The summed E-state index contributed by atoms with van der Waals surface area (Å²) in [5, 5.41) is 0.254. The van der Waals surface area contributed by atoms with Crippen molar-refractivity contribution in [3.05, 3.63) is 53.6 Å². The van der Waals surface area contributed by atoms with Crippen LogP contribution in [0.4, 0.5) is 5.69 Å². The Morgan fingerprint density at radius 1 is 0.800 bits per heavy atom. The van der Waals surface area contributed by atoms with Gasteiger partial charge in [-0.05, 0) is 30.3 Å². The lowest BCUT2D eigenvalue weighted by molar-refractivity contribution is 0.593. The van der Waals surface area contributed by atoms with Gasteiger partial charge in [0.15, 0.2) is 0 Å². The Bertz CT molecular complexity index is 854. The highest BCUT2D eigenvalue weighted by molar-refractivity contribution is 8.12. The Labute approximate surface area is 121 Å². The van der Waals surface area contributed by atoms with Crippen molar-refractivity contribution in [2.45, 2.75) is 9.79 Å². The van der Waals surface area contributed by atoms with Gasteiger partial charge in [0.1, 0.15) is 9.79 Å². The monoisotopic (exact) mass is 329 g/mol. The van der Waals surface area contributed by atoms with E-state index >= 15 is 0 Å². The first kappa shape index (κ1) is 13.4. The van der Waals surface area contributed by atoms with Crippen LogP contribution in [0, 0.1) is 0 Å². The minimum absolute atomic E-state index is 0.00583. The highest BCUT2D eigenvalue weighted by Gasteiger charge is 2.47. The topological polar surface area (TPSA) is 71.5 Å². The lowest BCUT2D eigenvalue weighted by Gasteiger charge is -2.16. The molecule has 1 aliphatic heterocycles. The van der Waals surface area contributed by atoms with E-state index in [4.69, 9.17) is 11.6 Å². The molecule has 3 rings (SSSR count). The van der Waals surface area contributed by atoms with Crippen LogP contribution in [0.3, 0.4) is 0 Å². The Balaban J connectivity index is 2.35. The molecule has 0 radical (unpaired) electrons. The van der Waals surface area contributed by atoms with E-state index in [0.29, 0.717) is 3.71 Å². The van der Waals surface area contributed by atoms with Gasteiger partial charge in [0.2, 0.25) is 0 Å². The van der Waals surface area contributed by atoms with Crippen molar-refractivity contribution in [3.8, 4) is 0 Å². The largest absolute Gasteiger partial charge is 0.279 e. The molecule has 0 unspecified atom stereocenters. The molecule has 0 N–H and O–H groups in total. The second-order valence-electron chi connectivity index (χ2n) is 4.13. The second-order valence-corrected chi connectivity index (χ2v) is 8.31. The van der Waals surface area contributed by atoms with E-state index in [1.165, 1.54) is 48.5 Å². The van der Waals surface area contributed by atoms with Gasteiger partial charge in [-0.2, -0.15) is 20.5 Å². The minimum Gasteiger partial charge on any atom is -0.200 e. The highest BCUT2D eigenvalue weighted by Crippen LogP contribution is 2.40. The molecular weight excluding hydrogens is 322 g/mol. The Kier molecular flexibility index (Phi) is 2.82. The SMILES string of the molecule is O=S1(=O)c2ccccc2S(=O)(=O)N1c1cccc(Cl)c1. The Morgan fingerprint density at radius 2 is 1.35 bits per heavy atom. The number of benzene rings is 2. The minimum atomic E-state index is -4.14. The van der Waals surface area contributed by atoms with E-state index in [2.05, 4.69) is 0 Å². The summed E-state index contributed by atoms with van der Waals surface area (Å²) in [6.45, 7) is 0. The molecule has 2 aromatic carbocycles. The predicted octanol–water partition coefficient (Wildman–Crippen LogP) is 2.24. The number of rotatable bonds is 1. The van der Waals surface area contributed by atoms with Gasteiger partial charge in [-0.1, -0.05) is 29.8 Å². The van der Waals surface area contributed by atoms with Crippen LogP contribution in [0.25, 0.3) is 0 Å². The fraction of sp³-hybridized carbons (Fsp3) is 0. The first-order valence-electron chi connectivity index (χ1n) is 5.50. The average Bonchev–Trinajstić information content (AvgIpc) is 2.54. The third kappa shape index (κ3) is 1.74. The molecule has 0 saturated carbocycles. The molecule has 0 atom stereocenters. The molecule has 0 fully saturated rings. The van der Waals surface area contributed by atoms with Crippen molar-refractivity contribution >= 4 is 37.3 Å². The van der Waals surface area contributed by atoms with Gasteiger partial charge >= 0.3 is 0 Å². The summed E-state index contributed by atoms with van der Waals surface area (Å²) >= 11 is 5.80. The maximum absolute atomic E-state index is 12.4. The predicted molar refractivity (Wildman–Crippen MR) is 74.7 cm³/mol. The van der Waals surface area contributed by atoms with Gasteiger partial charge in [0.05, 0.1) is 5.69 Å². The quantitative estimate of drug-likeness (QED) is 0.804. The average molecular weight is 330 g/mol. The first-order valence-corrected chi connectivity index (χ1v) is 8.76. The number of anilines is 1. The lowest BCUT2D eigenvalue weighted by Crippen LogP contribution is -2.29. The zero-order valence-corrected chi connectivity index (χ0v) is 12.3. The molecule has 0 spiro atoms. The third-order valence-electron chi connectivity index (χ3n) is 2.86. The van der Waals surface area contributed by atoms with Crippen LogP contribution in [-0.4, -0.2) is 16.8 Å². The molecule has 0 amide bonds. The molecule has 5 nitrogen and oxygen atoms in total. The molecule has 0 aliphatic carbocycles. The van der Waals surface area contributed by atoms with Crippen LogP contribution in [0.2, 0.25) is 5.02 Å². The summed E-state index contributed by atoms with van der Waals surface area (Å²) in [5.41, 5.74) is -0.00583. The van der Waals surface area contributed by atoms with Gasteiger partial charge in [-0.3, -0.25) is 0 Å². The summed E-state index contributed by atoms with van der Waals surface area (Å²) in [7, 11) is -8.27. The normalized spacial score (nSPS) is 18.8.